The number of anilines is 1. The first-order chi connectivity index (χ1) is 9.95. The maximum Gasteiger partial charge on any atom is 0.136 e. The monoisotopic (exact) mass is 287 g/mol. The van der Waals surface area contributed by atoms with E-state index < -0.39 is 0 Å². The number of nitrogens with zero attached hydrogens (tertiary/aromatic N) is 4. The van der Waals surface area contributed by atoms with Crippen LogP contribution in [0.4, 0.5) is 5.82 Å². The number of aryl methyl sites for hydroxylation is 1. The third-order valence-electron chi connectivity index (χ3n) is 3.17. The van der Waals surface area contributed by atoms with Gasteiger partial charge in [0.2, 0.25) is 0 Å². The van der Waals surface area contributed by atoms with E-state index >= 15 is 0 Å². The molecule has 0 aromatic carbocycles. The van der Waals surface area contributed by atoms with Crippen LogP contribution in [-0.4, -0.2) is 26.3 Å². The molecule has 0 aliphatic heterocycles. The third-order valence-corrected chi connectivity index (χ3v) is 3.17. The SMILES string of the molecule is CCCn1nccc1-c1cc(NCC)nc(C(C)(C)C)n1. The molecule has 2 heterocycles. The van der Waals surface area contributed by atoms with Crippen LogP contribution in [0.2, 0.25) is 0 Å². The van der Waals surface area contributed by atoms with Gasteiger partial charge >= 0.3 is 0 Å². The Morgan fingerprint density at radius 3 is 2.57 bits per heavy atom. The van der Waals surface area contributed by atoms with Crippen LogP contribution in [0, 0.1) is 0 Å². The van der Waals surface area contributed by atoms with Crippen LogP contribution in [0.25, 0.3) is 11.4 Å². The standard InChI is InChI=1S/C16H25N5/c1-6-10-21-13(8-9-18-21)12-11-14(17-7-2)20-15(19-12)16(3,4)5/h8-9,11H,6-7,10H2,1-5H3,(H,17,19,20). The van der Waals surface area contributed by atoms with E-state index in [9.17, 15) is 0 Å². The maximum atomic E-state index is 4.76. The summed E-state index contributed by atoms with van der Waals surface area (Å²) >= 11 is 0. The maximum absolute atomic E-state index is 4.76. The van der Waals surface area contributed by atoms with Gasteiger partial charge in [-0.1, -0.05) is 27.7 Å². The van der Waals surface area contributed by atoms with Crippen LogP contribution in [-0.2, 0) is 12.0 Å². The van der Waals surface area contributed by atoms with Gasteiger partial charge in [-0.15, -0.1) is 0 Å². The van der Waals surface area contributed by atoms with Crippen molar-refractivity contribution in [3.63, 3.8) is 0 Å². The Labute approximate surface area is 126 Å². The molecule has 0 unspecified atom stereocenters. The van der Waals surface area contributed by atoms with E-state index in [4.69, 9.17) is 4.98 Å². The van der Waals surface area contributed by atoms with Crippen molar-refractivity contribution in [2.24, 2.45) is 0 Å². The van der Waals surface area contributed by atoms with Gasteiger partial charge in [-0.3, -0.25) is 4.68 Å². The molecule has 0 spiro atoms. The van der Waals surface area contributed by atoms with Crippen molar-refractivity contribution in [1.82, 2.24) is 19.7 Å². The minimum Gasteiger partial charge on any atom is -0.370 e. The zero-order chi connectivity index (χ0) is 15.5. The van der Waals surface area contributed by atoms with Gasteiger partial charge in [0.1, 0.15) is 11.6 Å². The van der Waals surface area contributed by atoms with Crippen LogP contribution in [0.1, 0.15) is 46.9 Å². The van der Waals surface area contributed by atoms with Crippen LogP contribution in [0.15, 0.2) is 18.3 Å². The molecular weight excluding hydrogens is 262 g/mol. The summed E-state index contributed by atoms with van der Waals surface area (Å²) in [6, 6.07) is 4.02. The Kier molecular flexibility index (Phi) is 4.60. The minimum atomic E-state index is -0.0875. The van der Waals surface area contributed by atoms with Crippen molar-refractivity contribution in [3.8, 4) is 11.4 Å². The predicted octanol–water partition coefficient (Wildman–Crippen LogP) is 3.48. The lowest BCUT2D eigenvalue weighted by Gasteiger charge is -2.19. The van der Waals surface area contributed by atoms with Crippen molar-refractivity contribution >= 4 is 5.82 Å². The second kappa shape index (κ2) is 6.24. The molecule has 0 atom stereocenters. The molecule has 114 valence electrons. The fourth-order valence-electron chi connectivity index (χ4n) is 2.13. The lowest BCUT2D eigenvalue weighted by atomic mass is 9.95. The number of nitrogens with one attached hydrogen (secondary N) is 1. The van der Waals surface area contributed by atoms with E-state index in [-0.39, 0.29) is 5.41 Å². The Balaban J connectivity index is 2.51. The lowest BCUT2D eigenvalue weighted by Crippen LogP contribution is -2.18. The largest absolute Gasteiger partial charge is 0.370 e. The topological polar surface area (TPSA) is 55.6 Å². The fraction of sp³-hybridized carbons (Fsp3) is 0.562. The average molecular weight is 287 g/mol. The van der Waals surface area contributed by atoms with Crippen molar-refractivity contribution in [3.05, 3.63) is 24.2 Å². The summed E-state index contributed by atoms with van der Waals surface area (Å²) < 4.78 is 2.00. The summed E-state index contributed by atoms with van der Waals surface area (Å²) in [7, 11) is 0. The second-order valence-corrected chi connectivity index (χ2v) is 6.18. The van der Waals surface area contributed by atoms with E-state index in [1.807, 2.05) is 23.0 Å². The normalized spacial score (nSPS) is 11.7. The van der Waals surface area contributed by atoms with E-state index in [1.54, 1.807) is 0 Å². The van der Waals surface area contributed by atoms with Crippen molar-refractivity contribution in [1.29, 1.82) is 0 Å². The summed E-state index contributed by atoms with van der Waals surface area (Å²) in [5.41, 5.74) is 1.89. The molecule has 2 aromatic rings. The first-order valence-electron chi connectivity index (χ1n) is 7.61. The smallest absolute Gasteiger partial charge is 0.136 e. The van der Waals surface area contributed by atoms with E-state index in [0.29, 0.717) is 0 Å². The van der Waals surface area contributed by atoms with Crippen LogP contribution >= 0.6 is 0 Å². The van der Waals surface area contributed by atoms with Crippen LogP contribution < -0.4 is 5.32 Å². The average Bonchev–Trinajstić information content (AvgIpc) is 2.86. The second-order valence-electron chi connectivity index (χ2n) is 6.18. The minimum absolute atomic E-state index is 0.0875. The van der Waals surface area contributed by atoms with E-state index in [2.05, 4.69) is 50.0 Å². The van der Waals surface area contributed by atoms with E-state index in [0.717, 1.165) is 42.5 Å². The molecular formula is C16H25N5. The highest BCUT2D eigenvalue weighted by atomic mass is 15.3. The molecule has 5 nitrogen and oxygen atoms in total. The number of hydrogen-bond acceptors (Lipinski definition) is 4. The molecule has 21 heavy (non-hydrogen) atoms. The summed E-state index contributed by atoms with van der Waals surface area (Å²) in [5, 5.41) is 7.68. The Bertz CT molecular complexity index is 595. The molecule has 5 heteroatoms. The van der Waals surface area contributed by atoms with Gasteiger partial charge in [0.15, 0.2) is 0 Å². The lowest BCUT2D eigenvalue weighted by molar-refractivity contribution is 0.545. The van der Waals surface area contributed by atoms with Crippen molar-refractivity contribution < 1.29 is 0 Å². The van der Waals surface area contributed by atoms with Crippen LogP contribution in [0.5, 0.6) is 0 Å². The zero-order valence-electron chi connectivity index (χ0n) is 13.6. The molecule has 2 aromatic heterocycles. The first kappa shape index (κ1) is 15.5. The molecule has 0 saturated heterocycles. The van der Waals surface area contributed by atoms with Crippen molar-refractivity contribution in [2.75, 3.05) is 11.9 Å². The van der Waals surface area contributed by atoms with Gasteiger partial charge in [-0.25, -0.2) is 9.97 Å². The summed E-state index contributed by atoms with van der Waals surface area (Å²) in [6.45, 7) is 12.3. The van der Waals surface area contributed by atoms with E-state index in [1.165, 1.54) is 0 Å². The highest BCUT2D eigenvalue weighted by molar-refractivity contribution is 5.59. The highest BCUT2D eigenvalue weighted by Gasteiger charge is 2.20. The molecule has 0 radical (unpaired) electrons. The molecule has 2 rings (SSSR count). The predicted molar refractivity (Wildman–Crippen MR) is 86.4 cm³/mol. The molecule has 0 fully saturated rings. The summed E-state index contributed by atoms with van der Waals surface area (Å²) in [6.07, 6.45) is 2.88. The van der Waals surface area contributed by atoms with Crippen molar-refractivity contribution in [2.45, 2.75) is 53.0 Å². The van der Waals surface area contributed by atoms with Gasteiger partial charge in [0.25, 0.3) is 0 Å². The molecule has 0 saturated carbocycles. The summed E-state index contributed by atoms with van der Waals surface area (Å²) in [4.78, 5) is 9.39. The summed E-state index contributed by atoms with van der Waals surface area (Å²) in [5.74, 6) is 1.72. The molecule has 1 N–H and O–H groups in total. The molecule has 0 aliphatic carbocycles. The van der Waals surface area contributed by atoms with Crippen LogP contribution in [0.3, 0.4) is 0 Å². The van der Waals surface area contributed by atoms with Gasteiger partial charge in [-0.05, 0) is 19.4 Å². The number of hydrogen-bond donors (Lipinski definition) is 1. The quantitative estimate of drug-likeness (QED) is 0.914. The first-order valence-corrected chi connectivity index (χ1v) is 7.61. The molecule has 0 aliphatic rings. The number of rotatable bonds is 5. The Morgan fingerprint density at radius 1 is 1.19 bits per heavy atom. The van der Waals surface area contributed by atoms with Gasteiger partial charge in [0.05, 0.1) is 11.4 Å². The van der Waals surface area contributed by atoms with Gasteiger partial charge in [0, 0.05) is 30.8 Å². The Morgan fingerprint density at radius 2 is 1.95 bits per heavy atom. The third kappa shape index (κ3) is 3.60. The van der Waals surface area contributed by atoms with Gasteiger partial charge in [-0.2, -0.15) is 5.10 Å². The zero-order valence-corrected chi connectivity index (χ0v) is 13.6. The Hall–Kier alpha value is -1.91. The fourth-order valence-corrected chi connectivity index (χ4v) is 2.13. The number of aromatic nitrogens is 4. The van der Waals surface area contributed by atoms with Gasteiger partial charge < -0.3 is 5.32 Å². The molecule has 0 bridgehead atoms. The highest BCUT2D eigenvalue weighted by Crippen LogP contribution is 2.25. The molecule has 0 amide bonds.